The molecular weight excluding hydrogens is 827 g/mol. The van der Waals surface area contributed by atoms with Crippen LogP contribution in [0.25, 0.3) is 10.8 Å². The van der Waals surface area contributed by atoms with E-state index in [1.54, 1.807) is 0 Å². The first kappa shape index (κ1) is 43.0. The third-order valence-corrected chi connectivity index (χ3v) is 11.5. The molecule has 0 amide bonds. The van der Waals surface area contributed by atoms with Crippen LogP contribution >= 0.6 is 36.7 Å². The maximum atomic E-state index is 12.9. The van der Waals surface area contributed by atoms with Crippen LogP contribution in [-0.2, 0) is 56.2 Å². The van der Waals surface area contributed by atoms with Crippen LogP contribution in [0.5, 0.6) is 11.5 Å². The molecule has 0 saturated heterocycles. The number of hydrogen-bond acceptors (Lipinski definition) is 25. The number of rotatable bonds is 22. The van der Waals surface area contributed by atoms with Crippen molar-refractivity contribution in [3.63, 3.8) is 0 Å². The van der Waals surface area contributed by atoms with E-state index in [0.29, 0.717) is 12.0 Å². The highest BCUT2D eigenvalue weighted by Crippen LogP contribution is 2.48. The molecule has 0 aromatic heterocycles. The molecule has 0 fully saturated rings. The summed E-state index contributed by atoms with van der Waals surface area (Å²) in [4.78, 5) is -0.194. The van der Waals surface area contributed by atoms with Crippen LogP contribution in [0.1, 0.15) is 0 Å². The number of sulfone groups is 2. The number of fused-ring (bicyclic) bond motifs is 1. The molecule has 4 rings (SSSR count). The van der Waals surface area contributed by atoms with Gasteiger partial charge in [-0.25, -0.2) is 32.6 Å². The second kappa shape index (κ2) is 20.8. The van der Waals surface area contributed by atoms with Crippen LogP contribution in [-0.4, -0.2) is 69.5 Å². The summed E-state index contributed by atoms with van der Waals surface area (Å²) in [5, 5.41) is 63.9. The number of methoxy groups -OCH3 is 1. The average Bonchev–Trinajstić information content (AvgIpc) is 3.16. The summed E-state index contributed by atoms with van der Waals surface area (Å²) >= 11 is 0.886. The van der Waals surface area contributed by atoms with E-state index in [1.807, 2.05) is 0 Å². The third-order valence-electron chi connectivity index (χ3n) is 6.70. The third kappa shape index (κ3) is 11.6. The highest BCUT2D eigenvalue weighted by atomic mass is 32.2. The van der Waals surface area contributed by atoms with Crippen molar-refractivity contribution in [1.29, 1.82) is 0 Å². The molecule has 27 heteroatoms. The van der Waals surface area contributed by atoms with Gasteiger partial charge in [0.05, 0.1) is 69.9 Å². The van der Waals surface area contributed by atoms with Gasteiger partial charge in [-0.15, -0.1) is 28.3 Å². The Morgan fingerprint density at radius 2 is 1.28 bits per heavy atom. The molecule has 0 aliphatic heterocycles. The Kier molecular flexibility index (Phi) is 16.6. The van der Waals surface area contributed by atoms with Gasteiger partial charge in [0.15, 0.2) is 50.1 Å². The predicted octanol–water partition coefficient (Wildman–Crippen LogP) is 6.94. The second-order valence-corrected chi connectivity index (χ2v) is 15.8. The Balaban J connectivity index is 1.65. The van der Waals surface area contributed by atoms with Gasteiger partial charge in [-0.2, -0.15) is 5.11 Å². The first-order valence-electron chi connectivity index (χ1n) is 14.3. The molecule has 0 bridgehead atoms. The van der Waals surface area contributed by atoms with Gasteiger partial charge in [0.2, 0.25) is 0 Å². The summed E-state index contributed by atoms with van der Waals surface area (Å²) in [6.07, 6.45) is 0. The van der Waals surface area contributed by atoms with Crippen molar-refractivity contribution in [1.82, 2.24) is 0 Å². The van der Waals surface area contributed by atoms with Gasteiger partial charge in [-0.1, -0.05) is 15.1 Å². The number of aromatic hydroxyl groups is 1. The maximum absolute atomic E-state index is 12.9. The Labute approximate surface area is 318 Å². The lowest BCUT2D eigenvalue weighted by atomic mass is 10.1. The molecule has 0 heterocycles. The van der Waals surface area contributed by atoms with Crippen LogP contribution in [0.3, 0.4) is 0 Å². The normalized spacial score (nSPS) is 12.4. The van der Waals surface area contributed by atoms with Crippen LogP contribution in [0.4, 0.5) is 28.4 Å². The van der Waals surface area contributed by atoms with Crippen molar-refractivity contribution in [3.8, 4) is 11.5 Å². The largest absolute Gasteiger partial charge is 0.505 e. The Morgan fingerprint density at radius 1 is 0.685 bits per heavy atom. The summed E-state index contributed by atoms with van der Waals surface area (Å²) < 4.78 is 78.5. The zero-order valence-corrected chi connectivity index (χ0v) is 31.2. The number of nitrogens with zero attached hydrogens (tertiary/aromatic N) is 4. The number of ether oxygens (including phenoxy) is 1. The molecule has 0 saturated carbocycles. The van der Waals surface area contributed by atoms with E-state index in [9.17, 15) is 21.9 Å². The molecule has 22 nitrogen and oxygen atoms in total. The molecular formula is C27H27N5O17S5. The molecule has 54 heavy (non-hydrogen) atoms. The highest BCUT2D eigenvalue weighted by molar-refractivity contribution is 7.94. The van der Waals surface area contributed by atoms with Crippen molar-refractivity contribution < 1.29 is 78.9 Å². The average molecular weight is 854 g/mol. The molecule has 4 aromatic rings. The summed E-state index contributed by atoms with van der Waals surface area (Å²) in [6.45, 7) is -0.607. The van der Waals surface area contributed by atoms with Crippen LogP contribution < -0.4 is 10.5 Å². The molecule has 0 radical (unpaired) electrons. The summed E-state index contributed by atoms with van der Waals surface area (Å²) in [7, 11) is -6.37. The lowest BCUT2D eigenvalue weighted by molar-refractivity contribution is -0.434. The number of anilines is 1. The molecule has 6 N–H and O–H groups in total. The molecule has 0 aliphatic carbocycles. The molecule has 0 spiro atoms. The van der Waals surface area contributed by atoms with E-state index >= 15 is 0 Å². The fourth-order valence-corrected chi connectivity index (χ4v) is 7.60. The van der Waals surface area contributed by atoms with Gasteiger partial charge in [0, 0.05) is 10.8 Å². The van der Waals surface area contributed by atoms with Gasteiger partial charge in [0.1, 0.15) is 22.8 Å². The van der Waals surface area contributed by atoms with Crippen LogP contribution in [0.15, 0.2) is 95.8 Å². The minimum Gasteiger partial charge on any atom is -0.505 e. The SMILES string of the molecule is COc1ccc(S(=O)(=O)CCOSOOO)cc1/N=N/c1c(SOOO)cc2c(/N=N/c3ccc(S(=O)(=O)CCOSOOO)cc3)c(N)ccc2c1O. The van der Waals surface area contributed by atoms with Crippen molar-refractivity contribution in [2.75, 3.05) is 37.6 Å². The predicted molar refractivity (Wildman–Crippen MR) is 189 cm³/mol. The monoisotopic (exact) mass is 853 g/mol. The first-order valence-corrected chi connectivity index (χ1v) is 19.7. The van der Waals surface area contributed by atoms with Gasteiger partial charge in [-0.3, -0.25) is 8.37 Å². The Hall–Kier alpha value is -3.75. The fourth-order valence-electron chi connectivity index (χ4n) is 4.27. The Morgan fingerprint density at radius 3 is 1.89 bits per heavy atom. The van der Waals surface area contributed by atoms with E-state index < -0.39 is 36.9 Å². The number of azo groups is 2. The summed E-state index contributed by atoms with van der Waals surface area (Å²) in [5.74, 6) is -1.24. The number of nitrogen functional groups attached to an aromatic ring is 1. The summed E-state index contributed by atoms with van der Waals surface area (Å²) in [5.41, 5.74) is 6.40. The number of nitrogens with two attached hydrogens (primary N) is 1. The van der Waals surface area contributed by atoms with E-state index in [0.717, 1.165) is 0 Å². The van der Waals surface area contributed by atoms with E-state index in [1.165, 1.54) is 67.8 Å². The topological polar surface area (TPSA) is 308 Å². The number of phenolic OH excluding ortho intramolecular Hbond substituents is 1. The molecule has 0 unspecified atom stereocenters. The molecule has 292 valence electrons. The number of hydrogen-bond donors (Lipinski definition) is 5. The smallest absolute Gasteiger partial charge is 0.197 e. The fraction of sp³-hybridized carbons (Fsp3) is 0.185. The van der Waals surface area contributed by atoms with Crippen molar-refractivity contribution >= 4 is 95.6 Å². The first-order chi connectivity index (χ1) is 25.9. The summed E-state index contributed by atoms with van der Waals surface area (Å²) in [6, 6.07) is 13.5. The quantitative estimate of drug-likeness (QED) is 0.0133. The van der Waals surface area contributed by atoms with E-state index in [4.69, 9.17) is 34.6 Å². The lowest BCUT2D eigenvalue weighted by Crippen LogP contribution is -2.11. The zero-order chi connectivity index (χ0) is 39.1. The van der Waals surface area contributed by atoms with Gasteiger partial charge < -0.3 is 15.6 Å². The van der Waals surface area contributed by atoms with Crippen LogP contribution in [0, 0.1) is 0 Å². The molecule has 4 aromatic carbocycles. The standard InChI is InChI=1S/C27H27N5O17S5/c1-41-23-9-6-18(54(39,40)13-11-43-52-49-46-36)14-22(23)30-32-26-24(50-47-44-34)15-20-19(27(26)33)7-8-21(28)25(20)31-29-16-2-4-17(5-3-16)53(37,38)12-10-42-51-48-45-35/h2-9,14-15,33-36H,10-13,28H2,1H3/b31-29+,32-30+. The van der Waals surface area contributed by atoms with Gasteiger partial charge in [-0.05, 0) is 60.7 Å². The van der Waals surface area contributed by atoms with E-state index in [2.05, 4.69) is 48.6 Å². The highest BCUT2D eigenvalue weighted by Gasteiger charge is 2.21. The van der Waals surface area contributed by atoms with E-state index in [-0.39, 0.29) is 97.5 Å². The van der Waals surface area contributed by atoms with Crippen LogP contribution in [0.2, 0.25) is 0 Å². The van der Waals surface area contributed by atoms with Crippen molar-refractivity contribution in [2.45, 2.75) is 14.7 Å². The number of phenols is 1. The van der Waals surface area contributed by atoms with Gasteiger partial charge in [0.25, 0.3) is 0 Å². The zero-order valence-electron chi connectivity index (χ0n) is 27.1. The second-order valence-electron chi connectivity index (χ2n) is 9.83. The number of benzene rings is 4. The molecule has 0 atom stereocenters. The minimum atomic E-state index is -3.93. The van der Waals surface area contributed by atoms with Gasteiger partial charge >= 0.3 is 0 Å². The Bertz CT molecular complexity index is 2160. The lowest BCUT2D eigenvalue weighted by Gasteiger charge is -2.12. The molecule has 0 aliphatic rings. The van der Waals surface area contributed by atoms with Crippen molar-refractivity contribution in [2.24, 2.45) is 20.5 Å². The maximum Gasteiger partial charge on any atom is 0.197 e. The van der Waals surface area contributed by atoms with Crippen molar-refractivity contribution in [3.05, 3.63) is 60.7 Å². The minimum absolute atomic E-state index is 0.0127.